The molecule has 0 saturated carbocycles. The molecule has 1 nitrogen and oxygen atoms in total. The van der Waals surface area contributed by atoms with Gasteiger partial charge in [-0.3, -0.25) is 4.79 Å². The molecule has 0 spiro atoms. The van der Waals surface area contributed by atoms with Crippen molar-refractivity contribution in [2.45, 2.75) is 27.2 Å². The Labute approximate surface area is 107 Å². The highest BCUT2D eigenvalue weighted by Gasteiger charge is 2.20. The van der Waals surface area contributed by atoms with Crippen molar-refractivity contribution in [3.8, 4) is 0 Å². The Morgan fingerprint density at radius 2 is 1.94 bits per heavy atom. The molecule has 1 rings (SSSR count). The lowest BCUT2D eigenvalue weighted by Crippen LogP contribution is -2.20. The van der Waals surface area contributed by atoms with E-state index in [2.05, 4.69) is 0 Å². The number of Topliss-reactive ketones (excluding diaryl/α,β-unsaturated/α-hetero) is 1. The minimum absolute atomic E-state index is 0.0102. The molecule has 0 fully saturated rings. The Bertz CT molecular complexity index is 386. The molecule has 0 saturated heterocycles. The van der Waals surface area contributed by atoms with Crippen molar-refractivity contribution in [2.24, 2.45) is 11.8 Å². The van der Waals surface area contributed by atoms with Gasteiger partial charge in [-0.05, 0) is 43.0 Å². The molecule has 88 valence electrons. The normalized spacial score (nSPS) is 12.9. The summed E-state index contributed by atoms with van der Waals surface area (Å²) in [5.41, 5.74) is 0.947. The number of carbonyl (C=O) groups is 1. The van der Waals surface area contributed by atoms with Crippen LogP contribution in [-0.2, 0) is 11.2 Å². The van der Waals surface area contributed by atoms with Gasteiger partial charge in [0.2, 0.25) is 0 Å². The molecule has 1 unspecified atom stereocenters. The Morgan fingerprint density at radius 1 is 1.31 bits per heavy atom. The molecule has 0 aliphatic carbocycles. The van der Waals surface area contributed by atoms with Gasteiger partial charge in [-0.1, -0.05) is 37.0 Å². The molecule has 1 aromatic rings. The second-order valence-corrected chi connectivity index (χ2v) is 5.24. The summed E-state index contributed by atoms with van der Waals surface area (Å²) >= 11 is 12.0. The van der Waals surface area contributed by atoms with Crippen LogP contribution in [0.2, 0.25) is 10.0 Å². The third-order valence-electron chi connectivity index (χ3n) is 2.77. The summed E-state index contributed by atoms with van der Waals surface area (Å²) < 4.78 is 0. The Hall–Kier alpha value is -0.530. The summed E-state index contributed by atoms with van der Waals surface area (Å²) in [7, 11) is 0. The van der Waals surface area contributed by atoms with Crippen LogP contribution < -0.4 is 0 Å². The molecule has 0 aromatic heterocycles. The monoisotopic (exact) mass is 258 g/mol. The summed E-state index contributed by atoms with van der Waals surface area (Å²) in [5.74, 6) is 0.523. The second kappa shape index (κ2) is 5.70. The van der Waals surface area contributed by atoms with Crippen LogP contribution in [0, 0.1) is 11.8 Å². The first-order valence-corrected chi connectivity index (χ1v) is 6.11. The fourth-order valence-corrected chi connectivity index (χ4v) is 2.17. The lowest BCUT2D eigenvalue weighted by Gasteiger charge is -2.18. The number of hydrogen-bond donors (Lipinski definition) is 0. The van der Waals surface area contributed by atoms with Crippen LogP contribution in [0.15, 0.2) is 18.2 Å². The van der Waals surface area contributed by atoms with E-state index in [0.29, 0.717) is 22.4 Å². The van der Waals surface area contributed by atoms with Gasteiger partial charge in [0.1, 0.15) is 5.78 Å². The molecule has 0 aliphatic rings. The summed E-state index contributed by atoms with van der Waals surface area (Å²) in [6.45, 7) is 5.72. The van der Waals surface area contributed by atoms with E-state index in [1.807, 2.05) is 19.9 Å². The first kappa shape index (κ1) is 13.5. The van der Waals surface area contributed by atoms with E-state index >= 15 is 0 Å². The van der Waals surface area contributed by atoms with E-state index in [4.69, 9.17) is 23.2 Å². The molecule has 16 heavy (non-hydrogen) atoms. The van der Waals surface area contributed by atoms with Gasteiger partial charge < -0.3 is 0 Å². The van der Waals surface area contributed by atoms with Crippen molar-refractivity contribution < 1.29 is 4.79 Å². The molecule has 0 heterocycles. The minimum atomic E-state index is 0.0102. The predicted molar refractivity (Wildman–Crippen MR) is 69.2 cm³/mol. The summed E-state index contributed by atoms with van der Waals surface area (Å²) in [6.07, 6.45) is 0.659. The van der Waals surface area contributed by atoms with Crippen molar-refractivity contribution in [3.63, 3.8) is 0 Å². The van der Waals surface area contributed by atoms with Crippen LogP contribution in [0.1, 0.15) is 26.3 Å². The van der Waals surface area contributed by atoms with Gasteiger partial charge in [0.25, 0.3) is 0 Å². The lowest BCUT2D eigenvalue weighted by molar-refractivity contribution is -0.121. The molecule has 1 aromatic carbocycles. The number of carbonyl (C=O) groups excluding carboxylic acids is 1. The second-order valence-electron chi connectivity index (χ2n) is 4.40. The van der Waals surface area contributed by atoms with Crippen molar-refractivity contribution in [1.82, 2.24) is 0 Å². The fourth-order valence-electron chi connectivity index (χ4n) is 1.79. The highest BCUT2D eigenvalue weighted by molar-refractivity contribution is 6.33. The van der Waals surface area contributed by atoms with Crippen molar-refractivity contribution in [2.75, 3.05) is 0 Å². The van der Waals surface area contributed by atoms with Crippen molar-refractivity contribution in [1.29, 1.82) is 0 Å². The van der Waals surface area contributed by atoms with E-state index in [1.165, 1.54) is 0 Å². The van der Waals surface area contributed by atoms with Crippen molar-refractivity contribution in [3.05, 3.63) is 33.8 Å². The van der Waals surface area contributed by atoms with Gasteiger partial charge in [0.15, 0.2) is 0 Å². The first-order chi connectivity index (χ1) is 7.41. The maximum Gasteiger partial charge on any atom is 0.133 e. The highest BCUT2D eigenvalue weighted by atomic mass is 35.5. The minimum Gasteiger partial charge on any atom is -0.300 e. The van der Waals surface area contributed by atoms with Gasteiger partial charge in [-0.2, -0.15) is 0 Å². The molecule has 0 amide bonds. The molecule has 3 heteroatoms. The standard InChI is InChI=1S/C13H16Cl2O/c1-8(2)12(9(3)16)7-10-6-11(14)4-5-13(10)15/h4-6,8,12H,7H2,1-3H3. The maximum absolute atomic E-state index is 11.5. The largest absolute Gasteiger partial charge is 0.300 e. The average Bonchev–Trinajstić information content (AvgIpc) is 2.18. The Balaban J connectivity index is 2.93. The van der Waals surface area contributed by atoms with Gasteiger partial charge >= 0.3 is 0 Å². The number of benzene rings is 1. The van der Waals surface area contributed by atoms with E-state index < -0.39 is 0 Å². The zero-order valence-electron chi connectivity index (χ0n) is 9.76. The van der Waals surface area contributed by atoms with E-state index in [0.717, 1.165) is 5.56 Å². The predicted octanol–water partition coefficient (Wildman–Crippen LogP) is 4.40. The van der Waals surface area contributed by atoms with Gasteiger partial charge in [0.05, 0.1) is 0 Å². The topological polar surface area (TPSA) is 17.1 Å². The molecular formula is C13H16Cl2O. The van der Waals surface area contributed by atoms with Crippen LogP contribution in [0.5, 0.6) is 0 Å². The smallest absolute Gasteiger partial charge is 0.133 e. The summed E-state index contributed by atoms with van der Waals surface area (Å²) in [6, 6.07) is 5.37. The molecule has 1 atom stereocenters. The quantitative estimate of drug-likeness (QED) is 0.783. The van der Waals surface area contributed by atoms with Crippen LogP contribution in [0.4, 0.5) is 0 Å². The van der Waals surface area contributed by atoms with Crippen LogP contribution in [0.25, 0.3) is 0 Å². The number of ketones is 1. The Kier molecular flexibility index (Phi) is 4.82. The van der Waals surface area contributed by atoms with Gasteiger partial charge in [0, 0.05) is 16.0 Å². The summed E-state index contributed by atoms with van der Waals surface area (Å²) in [5, 5.41) is 1.33. The van der Waals surface area contributed by atoms with Crippen molar-refractivity contribution >= 4 is 29.0 Å². The molecule has 0 aliphatic heterocycles. The number of hydrogen-bond acceptors (Lipinski definition) is 1. The summed E-state index contributed by atoms with van der Waals surface area (Å²) in [4.78, 5) is 11.5. The molecular weight excluding hydrogens is 243 g/mol. The third kappa shape index (κ3) is 3.50. The van der Waals surface area contributed by atoms with Gasteiger partial charge in [-0.25, -0.2) is 0 Å². The van der Waals surface area contributed by atoms with E-state index in [-0.39, 0.29) is 11.7 Å². The fraction of sp³-hybridized carbons (Fsp3) is 0.462. The zero-order chi connectivity index (χ0) is 12.3. The SMILES string of the molecule is CC(=O)C(Cc1cc(Cl)ccc1Cl)C(C)C. The van der Waals surface area contributed by atoms with Gasteiger partial charge in [-0.15, -0.1) is 0 Å². The molecule has 0 radical (unpaired) electrons. The number of rotatable bonds is 4. The lowest BCUT2D eigenvalue weighted by atomic mass is 9.86. The van der Waals surface area contributed by atoms with E-state index in [1.54, 1.807) is 19.1 Å². The maximum atomic E-state index is 11.5. The highest BCUT2D eigenvalue weighted by Crippen LogP contribution is 2.26. The molecule has 0 bridgehead atoms. The first-order valence-electron chi connectivity index (χ1n) is 5.36. The third-order valence-corrected chi connectivity index (χ3v) is 3.38. The van der Waals surface area contributed by atoms with E-state index in [9.17, 15) is 4.79 Å². The Morgan fingerprint density at radius 3 is 2.44 bits per heavy atom. The van der Waals surface area contributed by atoms with Crippen LogP contribution in [0.3, 0.4) is 0 Å². The van der Waals surface area contributed by atoms with Crippen LogP contribution in [-0.4, -0.2) is 5.78 Å². The zero-order valence-corrected chi connectivity index (χ0v) is 11.3. The van der Waals surface area contributed by atoms with Crippen LogP contribution >= 0.6 is 23.2 Å². The number of halogens is 2. The molecule has 0 N–H and O–H groups in total. The average molecular weight is 259 g/mol.